The van der Waals surface area contributed by atoms with Crippen molar-refractivity contribution in [2.45, 2.75) is 11.3 Å². The van der Waals surface area contributed by atoms with E-state index in [1.807, 2.05) is 0 Å². The lowest BCUT2D eigenvalue weighted by Crippen LogP contribution is -2.28. The van der Waals surface area contributed by atoms with Gasteiger partial charge < -0.3 is 9.84 Å². The number of nitrogens with zero attached hydrogens (tertiary/aromatic N) is 1. The maximum absolute atomic E-state index is 12.1. The first kappa shape index (κ1) is 15.2. The quantitative estimate of drug-likeness (QED) is 0.860. The molecule has 1 aromatic rings. The summed E-state index contributed by atoms with van der Waals surface area (Å²) in [5.74, 6) is 0.425. The molecular weight excluding hydrogens is 278 g/mol. The average Bonchev–Trinajstić information content (AvgIpc) is 2.35. The first-order valence-corrected chi connectivity index (χ1v) is 7.16. The van der Waals surface area contributed by atoms with Crippen LogP contribution in [0.1, 0.15) is 6.42 Å². The first-order chi connectivity index (χ1) is 8.43. The van der Waals surface area contributed by atoms with Crippen LogP contribution in [0.25, 0.3) is 0 Å². The largest absolute Gasteiger partial charge is 0.495 e. The van der Waals surface area contributed by atoms with Gasteiger partial charge in [-0.25, -0.2) is 12.7 Å². The zero-order valence-electron chi connectivity index (χ0n) is 10.3. The molecule has 0 bridgehead atoms. The second-order valence-corrected chi connectivity index (χ2v) is 6.15. The van der Waals surface area contributed by atoms with Crippen molar-refractivity contribution in [3.05, 3.63) is 23.2 Å². The van der Waals surface area contributed by atoms with Crippen molar-refractivity contribution < 1.29 is 18.3 Å². The Labute approximate surface area is 112 Å². The monoisotopic (exact) mass is 293 g/mol. The summed E-state index contributed by atoms with van der Waals surface area (Å²) >= 11 is 5.90. The van der Waals surface area contributed by atoms with Crippen LogP contribution in [0.4, 0.5) is 0 Å². The normalized spacial score (nSPS) is 11.8. The van der Waals surface area contributed by atoms with Gasteiger partial charge in [-0.3, -0.25) is 0 Å². The average molecular weight is 294 g/mol. The minimum Gasteiger partial charge on any atom is -0.495 e. The van der Waals surface area contributed by atoms with E-state index in [1.54, 1.807) is 0 Å². The van der Waals surface area contributed by atoms with Crippen LogP contribution < -0.4 is 4.74 Å². The van der Waals surface area contributed by atoms with Crippen molar-refractivity contribution in [1.29, 1.82) is 0 Å². The van der Waals surface area contributed by atoms with Gasteiger partial charge in [0, 0.05) is 20.2 Å². The van der Waals surface area contributed by atoms with Crippen molar-refractivity contribution >= 4 is 21.6 Å². The van der Waals surface area contributed by atoms with E-state index in [9.17, 15) is 8.42 Å². The SMILES string of the molecule is COc1ccc(S(=O)(=O)N(C)CCCO)cc1Cl. The summed E-state index contributed by atoms with van der Waals surface area (Å²) in [5, 5.41) is 8.95. The lowest BCUT2D eigenvalue weighted by atomic mass is 10.3. The molecule has 0 unspecified atom stereocenters. The van der Waals surface area contributed by atoms with Gasteiger partial charge in [-0.15, -0.1) is 0 Å². The van der Waals surface area contributed by atoms with E-state index in [0.717, 1.165) is 0 Å². The molecule has 0 fully saturated rings. The van der Waals surface area contributed by atoms with Crippen molar-refractivity contribution in [1.82, 2.24) is 4.31 Å². The molecule has 0 aliphatic heterocycles. The zero-order valence-corrected chi connectivity index (χ0v) is 11.8. The number of hydrogen-bond donors (Lipinski definition) is 1. The molecule has 5 nitrogen and oxygen atoms in total. The third-order valence-corrected chi connectivity index (χ3v) is 4.61. The van der Waals surface area contributed by atoms with E-state index < -0.39 is 10.0 Å². The van der Waals surface area contributed by atoms with E-state index >= 15 is 0 Å². The Morgan fingerprint density at radius 3 is 2.61 bits per heavy atom. The van der Waals surface area contributed by atoms with Crippen LogP contribution in [0.15, 0.2) is 23.1 Å². The summed E-state index contributed by atoms with van der Waals surface area (Å²) in [7, 11) is -0.654. The second kappa shape index (κ2) is 6.38. The highest BCUT2D eigenvalue weighted by atomic mass is 35.5. The topological polar surface area (TPSA) is 66.8 Å². The van der Waals surface area contributed by atoms with Crippen LogP contribution in [0, 0.1) is 0 Å². The van der Waals surface area contributed by atoms with Crippen molar-refractivity contribution in [2.75, 3.05) is 27.3 Å². The standard InChI is InChI=1S/C11H16ClNO4S/c1-13(6-3-7-14)18(15,16)9-4-5-11(17-2)10(12)8-9/h4-5,8,14H,3,6-7H2,1-2H3. The van der Waals surface area contributed by atoms with Gasteiger partial charge in [-0.05, 0) is 24.6 Å². The third kappa shape index (κ3) is 3.35. The van der Waals surface area contributed by atoms with Crippen molar-refractivity contribution in [3.63, 3.8) is 0 Å². The number of rotatable bonds is 6. The molecule has 0 heterocycles. The highest BCUT2D eigenvalue weighted by molar-refractivity contribution is 7.89. The van der Waals surface area contributed by atoms with Gasteiger partial charge in [0.15, 0.2) is 0 Å². The van der Waals surface area contributed by atoms with Gasteiger partial charge in [0.2, 0.25) is 10.0 Å². The Morgan fingerprint density at radius 1 is 1.44 bits per heavy atom. The van der Waals surface area contributed by atoms with E-state index in [4.69, 9.17) is 21.4 Å². The minimum absolute atomic E-state index is 0.0524. The molecule has 0 aromatic heterocycles. The molecular formula is C11H16ClNO4S. The summed E-state index contributed by atoms with van der Waals surface area (Å²) < 4.78 is 30.4. The Morgan fingerprint density at radius 2 is 2.11 bits per heavy atom. The Bertz CT molecular complexity index is 504. The van der Waals surface area contributed by atoms with E-state index in [1.165, 1.54) is 36.7 Å². The summed E-state index contributed by atoms with van der Waals surface area (Å²) in [6, 6.07) is 4.30. The van der Waals surface area contributed by atoms with E-state index in [-0.39, 0.29) is 23.1 Å². The minimum atomic E-state index is -3.58. The Balaban J connectivity index is 3.01. The summed E-state index contributed by atoms with van der Waals surface area (Å²) in [6.45, 7) is 0.200. The van der Waals surface area contributed by atoms with E-state index in [2.05, 4.69) is 0 Å². The maximum Gasteiger partial charge on any atom is 0.242 e. The van der Waals surface area contributed by atoms with Crippen molar-refractivity contribution in [3.8, 4) is 5.75 Å². The predicted octanol–water partition coefficient (Wildman–Crippen LogP) is 1.35. The van der Waals surface area contributed by atoms with Crippen LogP contribution >= 0.6 is 11.6 Å². The van der Waals surface area contributed by atoms with Crippen LogP contribution in [0.2, 0.25) is 5.02 Å². The number of aliphatic hydroxyl groups excluding tert-OH is 1. The number of hydrogen-bond acceptors (Lipinski definition) is 4. The van der Waals surface area contributed by atoms with Gasteiger partial charge >= 0.3 is 0 Å². The number of methoxy groups -OCH3 is 1. The molecule has 0 saturated carbocycles. The number of benzene rings is 1. The Kier molecular flexibility index (Phi) is 5.40. The highest BCUT2D eigenvalue weighted by Gasteiger charge is 2.21. The predicted molar refractivity (Wildman–Crippen MR) is 69.5 cm³/mol. The molecule has 0 saturated heterocycles. The van der Waals surface area contributed by atoms with Gasteiger partial charge in [0.05, 0.1) is 17.0 Å². The molecule has 7 heteroatoms. The fourth-order valence-electron chi connectivity index (χ4n) is 1.40. The molecule has 0 radical (unpaired) electrons. The number of aliphatic hydroxyl groups is 1. The molecule has 1 aromatic carbocycles. The zero-order chi connectivity index (χ0) is 13.8. The van der Waals surface area contributed by atoms with Gasteiger partial charge in [0.1, 0.15) is 5.75 Å². The van der Waals surface area contributed by atoms with Crippen LogP contribution in [0.5, 0.6) is 5.75 Å². The molecule has 1 rings (SSSR count). The number of sulfonamides is 1. The summed E-state index contributed by atoms with van der Waals surface area (Å²) in [6.07, 6.45) is 0.389. The Hall–Kier alpha value is -0.820. The molecule has 0 amide bonds. The summed E-state index contributed by atoms with van der Waals surface area (Å²) in [5.41, 5.74) is 0. The summed E-state index contributed by atoms with van der Waals surface area (Å²) in [4.78, 5) is 0.105. The fourth-order valence-corrected chi connectivity index (χ4v) is 2.96. The smallest absolute Gasteiger partial charge is 0.242 e. The molecule has 0 aliphatic carbocycles. The number of ether oxygens (including phenoxy) is 1. The third-order valence-electron chi connectivity index (χ3n) is 2.46. The molecule has 102 valence electrons. The molecule has 0 atom stereocenters. The van der Waals surface area contributed by atoms with Crippen LogP contribution in [-0.4, -0.2) is 45.1 Å². The molecule has 0 aliphatic rings. The molecule has 0 spiro atoms. The first-order valence-electron chi connectivity index (χ1n) is 5.34. The van der Waals surface area contributed by atoms with Crippen LogP contribution in [-0.2, 0) is 10.0 Å². The number of halogens is 1. The fraction of sp³-hybridized carbons (Fsp3) is 0.455. The lowest BCUT2D eigenvalue weighted by molar-refractivity contribution is 0.275. The molecule has 18 heavy (non-hydrogen) atoms. The molecule has 1 N–H and O–H groups in total. The lowest BCUT2D eigenvalue weighted by Gasteiger charge is -2.17. The van der Waals surface area contributed by atoms with Crippen LogP contribution in [0.3, 0.4) is 0 Å². The maximum atomic E-state index is 12.1. The highest BCUT2D eigenvalue weighted by Crippen LogP contribution is 2.28. The van der Waals surface area contributed by atoms with Gasteiger partial charge in [-0.1, -0.05) is 11.6 Å². The van der Waals surface area contributed by atoms with Crippen molar-refractivity contribution in [2.24, 2.45) is 0 Å². The van der Waals surface area contributed by atoms with Gasteiger partial charge in [0.25, 0.3) is 0 Å². The van der Waals surface area contributed by atoms with E-state index in [0.29, 0.717) is 12.2 Å². The second-order valence-electron chi connectivity index (χ2n) is 3.70. The van der Waals surface area contributed by atoms with Gasteiger partial charge in [-0.2, -0.15) is 0 Å².